The van der Waals surface area contributed by atoms with Gasteiger partial charge in [0.05, 0.1) is 6.54 Å². The van der Waals surface area contributed by atoms with E-state index in [4.69, 9.17) is 5.73 Å². The number of hydrogen-bond acceptors (Lipinski definition) is 2. The molecule has 4 nitrogen and oxygen atoms in total. The van der Waals surface area contributed by atoms with Gasteiger partial charge < -0.3 is 16.2 Å². The molecule has 0 aliphatic rings. The summed E-state index contributed by atoms with van der Waals surface area (Å²) in [5.74, 6) is 0.298. The molecule has 0 aliphatic heterocycles. The predicted octanol–water partition coefficient (Wildman–Crippen LogP) is 3.58. The van der Waals surface area contributed by atoms with Crippen molar-refractivity contribution in [3.05, 3.63) is 65.5 Å². The Labute approximate surface area is 142 Å². The third-order valence-corrected chi connectivity index (χ3v) is 3.85. The zero-order valence-corrected chi connectivity index (χ0v) is 14.3. The maximum atomic E-state index is 13.0. The summed E-state index contributed by atoms with van der Waals surface area (Å²) in [6.45, 7) is 5.94. The molecule has 2 aromatic carbocycles. The fourth-order valence-electron chi connectivity index (χ4n) is 2.30. The van der Waals surface area contributed by atoms with Gasteiger partial charge >= 0.3 is 0 Å². The molecule has 0 aromatic heterocycles. The number of hydrogen-bond donors (Lipinski definition) is 3. The molecule has 4 N–H and O–H groups in total. The first kappa shape index (κ1) is 17.9. The lowest BCUT2D eigenvalue weighted by Gasteiger charge is -2.22. The normalized spacial score (nSPS) is 14.5. The highest BCUT2D eigenvalue weighted by Crippen LogP contribution is 2.21. The maximum Gasteiger partial charge on any atom is 0.193 e. The molecule has 0 heterocycles. The van der Waals surface area contributed by atoms with Crippen molar-refractivity contribution in [3.63, 3.8) is 0 Å². The zero-order valence-electron chi connectivity index (χ0n) is 14.3. The third-order valence-electron chi connectivity index (χ3n) is 3.85. The molecule has 5 heteroatoms. The van der Waals surface area contributed by atoms with Gasteiger partial charge in [-0.1, -0.05) is 38.1 Å². The van der Waals surface area contributed by atoms with Crippen LogP contribution in [0, 0.1) is 5.82 Å². The Morgan fingerprint density at radius 3 is 2.54 bits per heavy atom. The van der Waals surface area contributed by atoms with Crippen molar-refractivity contribution in [1.29, 1.82) is 0 Å². The fourth-order valence-corrected chi connectivity index (χ4v) is 2.30. The van der Waals surface area contributed by atoms with E-state index in [1.807, 2.05) is 18.2 Å². The quantitative estimate of drug-likeness (QED) is 0.580. The van der Waals surface area contributed by atoms with E-state index >= 15 is 0 Å². The van der Waals surface area contributed by atoms with E-state index in [-0.39, 0.29) is 18.3 Å². The van der Waals surface area contributed by atoms with E-state index in [0.29, 0.717) is 11.5 Å². The highest BCUT2D eigenvalue weighted by atomic mass is 19.1. The molecule has 1 atom stereocenters. The first-order valence-electron chi connectivity index (χ1n) is 7.93. The summed E-state index contributed by atoms with van der Waals surface area (Å²) >= 11 is 0. The van der Waals surface area contributed by atoms with E-state index < -0.39 is 5.60 Å². The fraction of sp³-hybridized carbons (Fsp3) is 0.316. The van der Waals surface area contributed by atoms with Gasteiger partial charge in [0.1, 0.15) is 11.4 Å². The summed E-state index contributed by atoms with van der Waals surface area (Å²) in [7, 11) is 0. The van der Waals surface area contributed by atoms with E-state index in [0.717, 1.165) is 5.69 Å². The van der Waals surface area contributed by atoms with Crippen molar-refractivity contribution < 1.29 is 9.50 Å². The number of benzene rings is 2. The van der Waals surface area contributed by atoms with Gasteiger partial charge in [0.15, 0.2) is 5.96 Å². The van der Waals surface area contributed by atoms with Crippen LogP contribution in [0.15, 0.2) is 53.5 Å². The predicted molar refractivity (Wildman–Crippen MR) is 96.6 cm³/mol. The van der Waals surface area contributed by atoms with Crippen LogP contribution in [0.5, 0.6) is 0 Å². The Kier molecular flexibility index (Phi) is 5.57. The van der Waals surface area contributed by atoms with Crippen LogP contribution >= 0.6 is 0 Å². The van der Waals surface area contributed by atoms with E-state index in [9.17, 15) is 9.50 Å². The first-order valence-corrected chi connectivity index (χ1v) is 7.93. The van der Waals surface area contributed by atoms with Crippen LogP contribution in [-0.4, -0.2) is 17.6 Å². The summed E-state index contributed by atoms with van der Waals surface area (Å²) in [5, 5.41) is 13.5. The standard InChI is InChI=1S/C19H24FN3O/c1-13(2)14-5-4-6-17(11-14)23-18(21)22-12-19(3,24)15-7-9-16(20)10-8-15/h4-11,13,24H,12H2,1-3H3,(H3,21,22,23). The Bertz CT molecular complexity index is 709. The Morgan fingerprint density at radius 2 is 1.92 bits per heavy atom. The van der Waals surface area contributed by atoms with Gasteiger partial charge in [0.2, 0.25) is 0 Å². The highest BCUT2D eigenvalue weighted by molar-refractivity contribution is 5.92. The molecule has 24 heavy (non-hydrogen) atoms. The van der Waals surface area contributed by atoms with E-state index in [2.05, 4.69) is 30.2 Å². The highest BCUT2D eigenvalue weighted by Gasteiger charge is 2.22. The van der Waals surface area contributed by atoms with Crippen LogP contribution in [0.25, 0.3) is 0 Å². The average molecular weight is 329 g/mol. The molecule has 2 rings (SSSR count). The van der Waals surface area contributed by atoms with Crippen LogP contribution in [0.2, 0.25) is 0 Å². The maximum absolute atomic E-state index is 13.0. The molecule has 0 aliphatic carbocycles. The number of aliphatic imine (C=N–C) groups is 1. The number of aliphatic hydroxyl groups is 1. The zero-order chi connectivity index (χ0) is 17.7. The van der Waals surface area contributed by atoms with Crippen LogP contribution in [0.3, 0.4) is 0 Å². The van der Waals surface area contributed by atoms with Gasteiger partial charge in [0, 0.05) is 5.69 Å². The van der Waals surface area contributed by atoms with Gasteiger partial charge in [-0.15, -0.1) is 0 Å². The molecule has 0 fully saturated rings. The number of anilines is 1. The summed E-state index contributed by atoms with van der Waals surface area (Å²) in [6.07, 6.45) is 0. The molecule has 0 saturated carbocycles. The molecule has 0 spiro atoms. The Morgan fingerprint density at radius 1 is 1.25 bits per heavy atom. The SMILES string of the molecule is CC(C)c1cccc(NC(N)=NCC(C)(O)c2ccc(F)cc2)c1. The largest absolute Gasteiger partial charge is 0.384 e. The molecule has 0 saturated heterocycles. The molecular weight excluding hydrogens is 305 g/mol. The van der Waals surface area contributed by atoms with E-state index in [1.165, 1.54) is 17.7 Å². The molecule has 1 unspecified atom stereocenters. The van der Waals surface area contributed by atoms with Gasteiger partial charge in [-0.25, -0.2) is 9.38 Å². The number of nitrogens with zero attached hydrogens (tertiary/aromatic N) is 1. The van der Waals surface area contributed by atoms with Crippen LogP contribution < -0.4 is 11.1 Å². The van der Waals surface area contributed by atoms with Gasteiger partial charge in [-0.3, -0.25) is 0 Å². The number of halogens is 1. The topological polar surface area (TPSA) is 70.6 Å². The van der Waals surface area contributed by atoms with Gasteiger partial charge in [-0.05, 0) is 48.2 Å². The van der Waals surface area contributed by atoms with Crippen molar-refractivity contribution in [2.45, 2.75) is 32.3 Å². The van der Waals surface area contributed by atoms with Crippen LogP contribution in [0.4, 0.5) is 10.1 Å². The molecule has 2 aromatic rings. The third kappa shape index (κ3) is 4.80. The molecule has 0 amide bonds. The van der Waals surface area contributed by atoms with Crippen LogP contribution in [-0.2, 0) is 5.60 Å². The second-order valence-corrected chi connectivity index (χ2v) is 6.39. The minimum atomic E-state index is -1.22. The smallest absolute Gasteiger partial charge is 0.193 e. The van der Waals surface area contributed by atoms with Crippen molar-refractivity contribution in [1.82, 2.24) is 0 Å². The molecule has 128 valence electrons. The second-order valence-electron chi connectivity index (χ2n) is 6.39. The minimum absolute atomic E-state index is 0.0708. The monoisotopic (exact) mass is 329 g/mol. The van der Waals surface area contributed by atoms with Crippen molar-refractivity contribution >= 4 is 11.6 Å². The Hall–Kier alpha value is -2.40. The second kappa shape index (κ2) is 7.45. The van der Waals surface area contributed by atoms with Crippen LogP contribution in [0.1, 0.15) is 37.8 Å². The number of nitrogens with one attached hydrogen (secondary N) is 1. The summed E-state index contributed by atoms with van der Waals surface area (Å²) in [6, 6.07) is 13.7. The lowest BCUT2D eigenvalue weighted by Crippen LogP contribution is -2.29. The first-order chi connectivity index (χ1) is 11.3. The average Bonchev–Trinajstić information content (AvgIpc) is 2.54. The summed E-state index contributed by atoms with van der Waals surface area (Å²) < 4.78 is 13.0. The van der Waals surface area contributed by atoms with Crippen molar-refractivity contribution in [2.24, 2.45) is 10.7 Å². The minimum Gasteiger partial charge on any atom is -0.384 e. The van der Waals surface area contributed by atoms with E-state index in [1.54, 1.807) is 19.1 Å². The molecular formula is C19H24FN3O. The molecule has 0 bridgehead atoms. The van der Waals surface area contributed by atoms with Gasteiger partial charge in [0.25, 0.3) is 0 Å². The Balaban J connectivity index is 2.05. The van der Waals surface area contributed by atoms with Gasteiger partial charge in [-0.2, -0.15) is 0 Å². The molecule has 0 radical (unpaired) electrons. The number of nitrogens with two attached hydrogens (primary N) is 1. The lowest BCUT2D eigenvalue weighted by atomic mass is 9.96. The van der Waals surface area contributed by atoms with Crippen molar-refractivity contribution in [3.8, 4) is 0 Å². The van der Waals surface area contributed by atoms with Crippen molar-refractivity contribution in [2.75, 3.05) is 11.9 Å². The lowest BCUT2D eigenvalue weighted by molar-refractivity contribution is 0.0673. The number of rotatable bonds is 5. The number of guanidine groups is 1. The summed E-state index contributed by atoms with van der Waals surface area (Å²) in [5.41, 5.74) is 7.32. The summed E-state index contributed by atoms with van der Waals surface area (Å²) in [4.78, 5) is 4.20.